The van der Waals surface area contributed by atoms with Crippen LogP contribution in [0.2, 0.25) is 0 Å². The average Bonchev–Trinajstić information content (AvgIpc) is 2.04. The van der Waals surface area contributed by atoms with E-state index in [9.17, 15) is 77.0 Å². The van der Waals surface area contributed by atoms with Gasteiger partial charge in [0.15, 0.2) is 0 Å². The van der Waals surface area contributed by atoms with Crippen molar-refractivity contribution < 1.29 is 77.0 Å². The van der Waals surface area contributed by atoms with Crippen molar-refractivity contribution >= 4 is 139 Å². The zero-order valence-electron chi connectivity index (χ0n) is 49.8. The summed E-state index contributed by atoms with van der Waals surface area (Å²) in [5.74, 6) is -14.7. The van der Waals surface area contributed by atoms with Gasteiger partial charge in [-0.3, -0.25) is 71.9 Å². The molecule has 0 unspecified atom stereocenters. The summed E-state index contributed by atoms with van der Waals surface area (Å²) in [5, 5.41) is 36.6. The number of amides is 15. The normalized spacial score (nSPS) is 16.0. The molecule has 22 N–H and O–H groups in total. The van der Waals surface area contributed by atoms with Crippen LogP contribution in [0.3, 0.4) is 0 Å². The van der Waals surface area contributed by atoms with Gasteiger partial charge in [0.2, 0.25) is 88.6 Å². The van der Waals surface area contributed by atoms with Gasteiger partial charge < -0.3 is 97.2 Å². The second-order valence-corrected chi connectivity index (χ2v) is 22.3. The summed E-state index contributed by atoms with van der Waals surface area (Å²) in [6.07, 6.45) is -0.130. The molecule has 0 bridgehead atoms. The smallest absolute Gasteiger partial charge is 0.246 e. The van der Waals surface area contributed by atoms with E-state index in [1.165, 1.54) is 38.1 Å². The summed E-state index contributed by atoms with van der Waals surface area (Å²) in [6, 6.07) is -9.88. The lowest BCUT2D eigenvalue weighted by Crippen LogP contribution is -2.60. The van der Waals surface area contributed by atoms with Gasteiger partial charge >= 0.3 is 0 Å². The summed E-state index contributed by atoms with van der Waals surface area (Å²) in [6.45, 7) is 2.04. The Balaban J connectivity index is 2.22. The van der Waals surface area contributed by atoms with E-state index in [1.807, 2.05) is 0 Å². The van der Waals surface area contributed by atoms with Crippen LogP contribution in [0.25, 0.3) is 0 Å². The van der Waals surface area contributed by atoms with Crippen LogP contribution in [-0.4, -0.2) is 214 Å². The molecule has 11 atom stereocenters. The zero-order chi connectivity index (χ0) is 67.8. The van der Waals surface area contributed by atoms with Crippen molar-refractivity contribution in [2.75, 3.05) is 49.2 Å². The molecule has 1 heterocycles. The van der Waals surface area contributed by atoms with Gasteiger partial charge in [-0.05, 0) is 89.1 Å². The Bertz CT molecular complexity index is 2700. The van der Waals surface area contributed by atoms with Crippen LogP contribution in [0, 0.1) is 0 Å². The van der Waals surface area contributed by atoms with Gasteiger partial charge in [-0.2, -0.15) is 50.5 Å². The molecular formula is C53H85N17O16S4. The highest BCUT2D eigenvalue weighted by atomic mass is 32.1. The lowest BCUT2D eigenvalue weighted by molar-refractivity contribution is -0.143. The minimum Gasteiger partial charge on any atom is -0.508 e. The second kappa shape index (κ2) is 40.9. The lowest BCUT2D eigenvalue weighted by Gasteiger charge is -2.30. The number of thiol groups is 4. The van der Waals surface area contributed by atoms with Crippen molar-refractivity contribution in [3.8, 4) is 5.75 Å². The summed E-state index contributed by atoms with van der Waals surface area (Å²) in [7, 11) is 0. The molecule has 1 aromatic rings. The van der Waals surface area contributed by atoms with Crippen molar-refractivity contribution in [1.29, 1.82) is 0 Å². The van der Waals surface area contributed by atoms with E-state index < -0.39 is 174 Å². The number of carbonyl (C=O) groups excluding carboxylic acids is 15. The van der Waals surface area contributed by atoms with E-state index in [0.717, 1.165) is 4.90 Å². The number of likely N-dealkylation sites (tertiary alicyclic amines) is 1. The quantitative estimate of drug-likeness (QED) is 0.0214. The van der Waals surface area contributed by atoms with Crippen LogP contribution >= 0.6 is 50.5 Å². The molecule has 1 fully saturated rings. The fraction of sp³-hybridized carbons (Fsp3) is 0.604. The number of phenolic OH excluding ortho intramolecular Hbond substituents is 1. The molecule has 0 aromatic heterocycles. The van der Waals surface area contributed by atoms with E-state index in [4.69, 9.17) is 28.7 Å². The third-order valence-corrected chi connectivity index (χ3v) is 15.1. The molecule has 0 radical (unpaired) electrons. The molecule has 1 aliphatic rings. The first-order chi connectivity index (χ1) is 42.5. The Morgan fingerprint density at radius 3 is 1.46 bits per heavy atom. The van der Waals surface area contributed by atoms with Gasteiger partial charge in [-0.25, -0.2) is 0 Å². The molecule has 0 spiro atoms. The van der Waals surface area contributed by atoms with Crippen molar-refractivity contribution in [2.45, 2.75) is 151 Å². The number of carbonyl (C=O) groups is 15. The topological polar surface area (TPSA) is 542 Å². The van der Waals surface area contributed by atoms with Crippen LogP contribution in [0.15, 0.2) is 24.3 Å². The minimum atomic E-state index is -1.78. The molecule has 0 saturated carbocycles. The van der Waals surface area contributed by atoms with E-state index in [2.05, 4.69) is 109 Å². The number of hydrogen-bond acceptors (Lipinski definition) is 22. The Hall–Kier alpha value is -7.61. The third-order valence-electron chi connectivity index (χ3n) is 13.6. The summed E-state index contributed by atoms with van der Waals surface area (Å²) < 4.78 is 0. The van der Waals surface area contributed by atoms with Gasteiger partial charge in [0, 0.05) is 42.9 Å². The monoisotopic (exact) mass is 1340 g/mol. The lowest BCUT2D eigenvalue weighted by atomic mass is 10.0. The first kappa shape index (κ1) is 78.5. The molecule has 90 heavy (non-hydrogen) atoms. The van der Waals surface area contributed by atoms with E-state index in [0.29, 0.717) is 24.8 Å². The van der Waals surface area contributed by atoms with Crippen LogP contribution < -0.4 is 87.2 Å². The number of rotatable bonds is 41. The molecule has 1 aliphatic heterocycles. The molecule has 1 aromatic carbocycles. The van der Waals surface area contributed by atoms with Gasteiger partial charge in [0.1, 0.15) is 72.2 Å². The fourth-order valence-corrected chi connectivity index (χ4v) is 9.83. The zero-order valence-corrected chi connectivity index (χ0v) is 53.4. The second-order valence-electron chi connectivity index (χ2n) is 20.9. The number of nitrogens with one attached hydrogen (secondary N) is 11. The molecule has 15 amide bonds. The molecule has 33 nitrogen and oxygen atoms in total. The van der Waals surface area contributed by atoms with Crippen LogP contribution in [-0.2, 0) is 78.3 Å². The van der Waals surface area contributed by atoms with Crippen molar-refractivity contribution in [2.24, 2.45) is 28.7 Å². The van der Waals surface area contributed by atoms with E-state index in [-0.39, 0.29) is 86.9 Å². The third kappa shape index (κ3) is 27.6. The Labute approximate surface area is 541 Å². The Kier molecular flexibility index (Phi) is 35.7. The van der Waals surface area contributed by atoms with Gasteiger partial charge in [0.05, 0.1) is 19.4 Å². The van der Waals surface area contributed by atoms with Crippen molar-refractivity contribution in [3.05, 3.63) is 29.8 Å². The fourth-order valence-electron chi connectivity index (χ4n) is 8.79. The number of phenols is 1. The number of unbranched alkanes of at least 4 members (excludes halogenated alkanes) is 2. The number of hydrogen-bond donors (Lipinski definition) is 21. The van der Waals surface area contributed by atoms with E-state index >= 15 is 0 Å². The number of benzene rings is 1. The number of nitrogens with zero attached hydrogens (tertiary/aromatic N) is 1. The molecule has 0 aliphatic carbocycles. The first-order valence-corrected chi connectivity index (χ1v) is 31.1. The van der Waals surface area contributed by atoms with Crippen molar-refractivity contribution in [3.63, 3.8) is 0 Å². The van der Waals surface area contributed by atoms with Crippen molar-refractivity contribution in [1.82, 2.24) is 63.4 Å². The molecule has 2 rings (SSSR count). The number of primary amides is 3. The SMILES string of the molecule is CC(=O)N[C@@H](CS)C(=O)N[C@@H](CS)C(=O)N[C@@H](CC(N)=O)C(=O)N1CCC[C@H]1C(=O)N[C@@H](C)C(=O)N[C@@H](CS)C(=O)NCC(=O)N[C@@H](CCCCN)C(=O)N[C@@H](CC(N)=O)C(=O)N[C@@H](Cc1ccc(O)cc1)C(=O)N[C@@H](CCCCN)C(=O)N[C@@H](CS)C(N)=O. The minimum absolute atomic E-state index is 0.0214. The maximum Gasteiger partial charge on any atom is 0.246 e. The van der Waals surface area contributed by atoms with Gasteiger partial charge in [-0.1, -0.05) is 12.1 Å². The highest BCUT2D eigenvalue weighted by Crippen LogP contribution is 2.20. The predicted octanol–water partition coefficient (Wildman–Crippen LogP) is -7.86. The standard InChI is InChI=1S/C53H85N17O16S4/c1-26(60-52(85)39-10-7-17-70(39)53(86)34(20-41(57)74)66-51(84)38(25-90)69-50(83)37(24-89)61-27(2)71)44(77)68-36(23-88)45(78)59-21-42(75)62-30(8-3-5-15-54)46(79)65-33(19-40(56)73)49(82)64-32(18-28-11-13-29(72)14-12-28)48(81)63-31(9-4-6-16-55)47(80)67-35(22-87)43(58)76/h11-14,26,30-39,72,87-90H,3-10,15-25,54-55H2,1-2H3,(H2,56,73)(H2,57,74)(H2,58,76)(H,59,78)(H,60,85)(H,61,71)(H,62,75)(H,63,81)(H,64,82)(H,65,79)(H,66,84)(H,67,80)(H,68,77)(H,69,83)/t26-,30-,31-,32-,33-,34-,35-,36-,37-,38-,39-/m0/s1. The number of nitrogens with two attached hydrogens (primary N) is 5. The highest BCUT2D eigenvalue weighted by Gasteiger charge is 2.41. The summed E-state index contributed by atoms with van der Waals surface area (Å²) >= 11 is 16.4. The van der Waals surface area contributed by atoms with Crippen LogP contribution in [0.4, 0.5) is 0 Å². The van der Waals surface area contributed by atoms with Crippen LogP contribution in [0.5, 0.6) is 5.75 Å². The largest absolute Gasteiger partial charge is 0.508 e. The summed E-state index contributed by atoms with van der Waals surface area (Å²) in [5.41, 5.74) is 28.1. The Morgan fingerprint density at radius 2 is 0.944 bits per heavy atom. The van der Waals surface area contributed by atoms with Crippen LogP contribution in [0.1, 0.15) is 83.6 Å². The Morgan fingerprint density at radius 1 is 0.522 bits per heavy atom. The maximum absolute atomic E-state index is 14.1. The predicted molar refractivity (Wildman–Crippen MR) is 338 cm³/mol. The molecule has 1 saturated heterocycles. The average molecular weight is 1340 g/mol. The van der Waals surface area contributed by atoms with Gasteiger partial charge in [0.25, 0.3) is 0 Å². The first-order valence-electron chi connectivity index (χ1n) is 28.6. The summed E-state index contributed by atoms with van der Waals surface area (Å²) in [4.78, 5) is 199. The molecule has 502 valence electrons. The maximum atomic E-state index is 14.1. The highest BCUT2D eigenvalue weighted by molar-refractivity contribution is 7.80. The molecule has 37 heteroatoms. The van der Waals surface area contributed by atoms with Gasteiger partial charge in [-0.15, -0.1) is 0 Å². The molecular weight excluding hydrogens is 1260 g/mol. The number of aromatic hydroxyl groups is 1. The van der Waals surface area contributed by atoms with E-state index in [1.54, 1.807) is 0 Å².